The first kappa shape index (κ1) is 10.5. The van der Waals surface area contributed by atoms with Gasteiger partial charge >= 0.3 is 0 Å². The Morgan fingerprint density at radius 3 is 2.89 bits per heavy atom. The number of fused-ring (bicyclic) bond motifs is 1. The van der Waals surface area contributed by atoms with Gasteiger partial charge in [-0.1, -0.05) is 12.1 Å². The first-order chi connectivity index (χ1) is 8.81. The van der Waals surface area contributed by atoms with Crippen LogP contribution >= 0.6 is 0 Å². The molecule has 0 saturated heterocycles. The smallest absolute Gasteiger partial charge is 0.117 e. The van der Waals surface area contributed by atoms with Crippen molar-refractivity contribution in [1.29, 1.82) is 0 Å². The van der Waals surface area contributed by atoms with Gasteiger partial charge in [0.25, 0.3) is 0 Å². The summed E-state index contributed by atoms with van der Waals surface area (Å²) in [4.78, 5) is 4.27. The van der Waals surface area contributed by atoms with Gasteiger partial charge in [-0.15, -0.1) is 0 Å². The molecule has 0 bridgehead atoms. The van der Waals surface area contributed by atoms with Crippen LogP contribution in [0.2, 0.25) is 0 Å². The normalized spacial score (nSPS) is 11.3. The number of hydrogen-bond acceptors (Lipinski definition) is 3. The first-order valence-electron chi connectivity index (χ1n) is 5.59. The predicted octanol–water partition coefficient (Wildman–Crippen LogP) is 2.79. The molecule has 18 heavy (non-hydrogen) atoms. The summed E-state index contributed by atoms with van der Waals surface area (Å²) in [6, 6.07) is 14.6. The Bertz CT molecular complexity index is 683. The van der Waals surface area contributed by atoms with Crippen molar-refractivity contribution < 1.29 is 5.11 Å². The van der Waals surface area contributed by atoms with Crippen molar-refractivity contribution in [3.63, 3.8) is 0 Å². The summed E-state index contributed by atoms with van der Waals surface area (Å²) in [6.45, 7) is 0. The Kier molecular flexibility index (Phi) is 2.53. The van der Waals surface area contributed by atoms with Gasteiger partial charge in [0, 0.05) is 12.3 Å². The lowest BCUT2D eigenvalue weighted by Crippen LogP contribution is -1.86. The summed E-state index contributed by atoms with van der Waals surface area (Å²) in [6.07, 6.45) is 3.57. The van der Waals surface area contributed by atoms with Gasteiger partial charge in [-0.3, -0.25) is 4.99 Å². The predicted molar refractivity (Wildman–Crippen MR) is 70.6 cm³/mol. The second kappa shape index (κ2) is 4.33. The second-order valence-corrected chi connectivity index (χ2v) is 3.92. The van der Waals surface area contributed by atoms with E-state index in [2.05, 4.69) is 10.1 Å². The fraction of sp³-hybridized carbons (Fsp3) is 0. The molecule has 0 spiro atoms. The summed E-state index contributed by atoms with van der Waals surface area (Å²) < 4.78 is 1.80. The molecule has 4 heteroatoms. The largest absolute Gasteiger partial charge is 0.508 e. The quantitative estimate of drug-likeness (QED) is 0.697. The molecule has 0 atom stereocenters. The van der Waals surface area contributed by atoms with Crippen LogP contribution in [0, 0.1) is 0 Å². The zero-order chi connectivity index (χ0) is 12.4. The van der Waals surface area contributed by atoms with Crippen molar-refractivity contribution >= 4 is 17.4 Å². The number of nitrogens with zero attached hydrogens (tertiary/aromatic N) is 3. The van der Waals surface area contributed by atoms with E-state index in [0.29, 0.717) is 5.69 Å². The van der Waals surface area contributed by atoms with Crippen LogP contribution in [-0.4, -0.2) is 20.9 Å². The number of aromatic hydroxyl groups is 1. The van der Waals surface area contributed by atoms with Gasteiger partial charge in [-0.2, -0.15) is 5.10 Å². The van der Waals surface area contributed by atoms with Gasteiger partial charge in [0.1, 0.15) is 11.4 Å². The Morgan fingerprint density at radius 2 is 2.06 bits per heavy atom. The van der Waals surface area contributed by atoms with Gasteiger partial charge < -0.3 is 5.11 Å². The SMILES string of the molecule is Oc1cccc(N=Cc2cc3ccccn3n2)c1. The molecule has 0 aliphatic rings. The van der Waals surface area contributed by atoms with E-state index in [1.54, 1.807) is 28.9 Å². The number of pyridine rings is 1. The number of phenols is 1. The highest BCUT2D eigenvalue weighted by Gasteiger charge is 1.97. The van der Waals surface area contributed by atoms with Crippen LogP contribution in [0.4, 0.5) is 5.69 Å². The fourth-order valence-corrected chi connectivity index (χ4v) is 1.73. The number of aromatic nitrogens is 2. The van der Waals surface area contributed by atoms with Crippen LogP contribution < -0.4 is 0 Å². The van der Waals surface area contributed by atoms with Crippen LogP contribution in [0.15, 0.2) is 59.7 Å². The van der Waals surface area contributed by atoms with E-state index in [1.165, 1.54) is 0 Å². The first-order valence-corrected chi connectivity index (χ1v) is 5.59. The zero-order valence-corrected chi connectivity index (χ0v) is 9.56. The molecule has 0 fully saturated rings. The third-order valence-corrected chi connectivity index (χ3v) is 2.56. The van der Waals surface area contributed by atoms with Crippen molar-refractivity contribution in [2.45, 2.75) is 0 Å². The lowest BCUT2D eigenvalue weighted by molar-refractivity contribution is 0.475. The Labute approximate surface area is 104 Å². The third-order valence-electron chi connectivity index (χ3n) is 2.56. The molecule has 0 aliphatic heterocycles. The Morgan fingerprint density at radius 1 is 1.11 bits per heavy atom. The zero-order valence-electron chi connectivity index (χ0n) is 9.56. The van der Waals surface area contributed by atoms with Gasteiger partial charge in [-0.25, -0.2) is 4.52 Å². The summed E-state index contributed by atoms with van der Waals surface area (Å²) in [5.41, 5.74) is 2.51. The third kappa shape index (κ3) is 2.08. The molecule has 4 nitrogen and oxygen atoms in total. The molecule has 0 radical (unpaired) electrons. The van der Waals surface area contributed by atoms with Crippen molar-refractivity contribution in [2.75, 3.05) is 0 Å². The molecule has 2 heterocycles. The van der Waals surface area contributed by atoms with Crippen LogP contribution in [0.1, 0.15) is 5.69 Å². The fourth-order valence-electron chi connectivity index (χ4n) is 1.73. The van der Waals surface area contributed by atoms with E-state index in [1.807, 2.05) is 36.5 Å². The summed E-state index contributed by atoms with van der Waals surface area (Å²) in [7, 11) is 0. The van der Waals surface area contributed by atoms with E-state index < -0.39 is 0 Å². The lowest BCUT2D eigenvalue weighted by Gasteiger charge is -1.93. The minimum absolute atomic E-state index is 0.208. The van der Waals surface area contributed by atoms with Crippen molar-refractivity contribution in [2.24, 2.45) is 4.99 Å². The maximum Gasteiger partial charge on any atom is 0.117 e. The van der Waals surface area contributed by atoms with E-state index in [9.17, 15) is 5.11 Å². The monoisotopic (exact) mass is 237 g/mol. The van der Waals surface area contributed by atoms with E-state index in [4.69, 9.17) is 0 Å². The van der Waals surface area contributed by atoms with Gasteiger partial charge in [0.15, 0.2) is 0 Å². The molecule has 1 aromatic carbocycles. The molecule has 0 aliphatic carbocycles. The topological polar surface area (TPSA) is 49.9 Å². The minimum Gasteiger partial charge on any atom is -0.508 e. The molecular weight excluding hydrogens is 226 g/mol. The van der Waals surface area contributed by atoms with Crippen molar-refractivity contribution in [3.8, 4) is 5.75 Å². The Hall–Kier alpha value is -2.62. The molecule has 1 N–H and O–H groups in total. The number of phenolic OH excluding ortho intramolecular Hbond substituents is 1. The molecule has 0 unspecified atom stereocenters. The average molecular weight is 237 g/mol. The van der Waals surface area contributed by atoms with Gasteiger partial charge in [0.2, 0.25) is 0 Å². The number of aliphatic imine (C=N–C) groups is 1. The maximum absolute atomic E-state index is 9.33. The Balaban J connectivity index is 1.92. The number of benzene rings is 1. The van der Waals surface area contributed by atoms with Crippen LogP contribution in [-0.2, 0) is 0 Å². The van der Waals surface area contributed by atoms with E-state index in [-0.39, 0.29) is 5.75 Å². The van der Waals surface area contributed by atoms with Crippen molar-refractivity contribution in [3.05, 3.63) is 60.4 Å². The standard InChI is InChI=1S/C14H11N3O/c18-14-6-3-4-11(9-14)15-10-12-8-13-5-1-2-7-17(13)16-12/h1-10,18H. The highest BCUT2D eigenvalue weighted by molar-refractivity contribution is 5.81. The molecule has 0 amide bonds. The molecule has 3 aromatic rings. The summed E-state index contributed by atoms with van der Waals surface area (Å²) >= 11 is 0. The summed E-state index contributed by atoms with van der Waals surface area (Å²) in [5.74, 6) is 0.208. The van der Waals surface area contributed by atoms with Gasteiger partial charge in [-0.05, 0) is 30.3 Å². The van der Waals surface area contributed by atoms with Crippen molar-refractivity contribution in [1.82, 2.24) is 9.61 Å². The van der Waals surface area contributed by atoms with E-state index >= 15 is 0 Å². The minimum atomic E-state index is 0.208. The van der Waals surface area contributed by atoms with Crippen LogP contribution in [0.3, 0.4) is 0 Å². The molecule has 88 valence electrons. The maximum atomic E-state index is 9.33. The average Bonchev–Trinajstić information content (AvgIpc) is 2.79. The molecule has 2 aromatic heterocycles. The molecule has 3 rings (SSSR count). The number of rotatable bonds is 2. The lowest BCUT2D eigenvalue weighted by atomic mass is 10.3. The van der Waals surface area contributed by atoms with E-state index in [0.717, 1.165) is 11.2 Å². The summed E-state index contributed by atoms with van der Waals surface area (Å²) in [5, 5.41) is 13.7. The van der Waals surface area contributed by atoms with Crippen LogP contribution in [0.5, 0.6) is 5.75 Å². The van der Waals surface area contributed by atoms with Gasteiger partial charge in [0.05, 0.1) is 17.4 Å². The number of hydrogen-bond donors (Lipinski definition) is 1. The highest BCUT2D eigenvalue weighted by Crippen LogP contribution is 2.18. The van der Waals surface area contributed by atoms with Crippen LogP contribution in [0.25, 0.3) is 5.52 Å². The molecular formula is C14H11N3O. The highest BCUT2D eigenvalue weighted by atomic mass is 16.3. The second-order valence-electron chi connectivity index (χ2n) is 3.92. The molecule has 0 saturated carbocycles.